The molecule has 1 unspecified atom stereocenters. The van der Waals surface area contributed by atoms with Gasteiger partial charge in [-0.1, -0.05) is 6.07 Å². The molecule has 2 atom stereocenters. The summed E-state index contributed by atoms with van der Waals surface area (Å²) in [7, 11) is -11.7. The molecule has 0 spiro atoms. The van der Waals surface area contributed by atoms with Gasteiger partial charge in [-0.2, -0.15) is 43.2 Å². The van der Waals surface area contributed by atoms with Crippen LogP contribution >= 0.6 is 0 Å². The molecule has 1 aromatic heterocycles. The van der Waals surface area contributed by atoms with Gasteiger partial charge >= 0.3 is 31.2 Å². The highest BCUT2D eigenvalue weighted by Crippen LogP contribution is 2.45. The number of hydrogen-bond donors (Lipinski definition) is 0. The minimum atomic E-state index is -5.90. The number of piperidine rings is 1. The smallest absolute Gasteiger partial charge is 0.376 e. The number of carbonyl (C=O) groups is 1. The van der Waals surface area contributed by atoms with Gasteiger partial charge in [-0.3, -0.25) is 4.79 Å². The first-order valence-electron chi connectivity index (χ1n) is 11.7. The number of hydrogen-bond acceptors (Lipinski definition) is 7. The number of likely N-dealkylation sites (tertiary alicyclic amines) is 1. The number of fused-ring (bicyclic) bond motifs is 4. The van der Waals surface area contributed by atoms with Crippen molar-refractivity contribution in [2.45, 2.75) is 49.2 Å². The standard InChI is InChI=1S/C23H19F6N3O6S2/c1-12-7-14-9-18-15(16(14)10-20(12)38-40(36,37)23(27,28)29)3-2-6-31(18)21(33)13-4-5-17-19(8-13)32(11-30-17)39(34,35)22(24,25)26/h4-5,7-8,10-11,15,18H,2-3,6,9H2,1H3/t15?,18-/m0/s1. The van der Waals surface area contributed by atoms with Crippen molar-refractivity contribution >= 4 is 37.1 Å². The first kappa shape index (κ1) is 28.2. The Morgan fingerprint density at radius 2 is 1.73 bits per heavy atom. The van der Waals surface area contributed by atoms with E-state index >= 15 is 0 Å². The molecule has 2 aliphatic rings. The molecule has 3 aromatic rings. The molecular weight excluding hydrogens is 592 g/mol. The first-order valence-corrected chi connectivity index (χ1v) is 14.5. The van der Waals surface area contributed by atoms with Crippen LogP contribution in [0.2, 0.25) is 0 Å². The third-order valence-corrected chi connectivity index (χ3v) is 9.46. The average Bonchev–Trinajstić information content (AvgIpc) is 3.43. The molecule has 1 aliphatic carbocycles. The molecule has 2 heterocycles. The van der Waals surface area contributed by atoms with Gasteiger partial charge in [0.05, 0.1) is 11.0 Å². The van der Waals surface area contributed by atoms with Gasteiger partial charge in [0, 0.05) is 24.1 Å². The van der Waals surface area contributed by atoms with Gasteiger partial charge in [-0.15, -0.1) is 0 Å². The van der Waals surface area contributed by atoms with E-state index in [-0.39, 0.29) is 33.1 Å². The molecule has 5 rings (SSSR count). The summed E-state index contributed by atoms with van der Waals surface area (Å²) in [6.07, 6.45) is 1.81. The van der Waals surface area contributed by atoms with E-state index in [0.717, 1.165) is 6.07 Å². The summed E-state index contributed by atoms with van der Waals surface area (Å²) >= 11 is 0. The second-order valence-corrected chi connectivity index (χ2v) is 12.9. The molecule has 1 amide bonds. The van der Waals surface area contributed by atoms with Crippen LogP contribution in [-0.4, -0.2) is 60.2 Å². The van der Waals surface area contributed by atoms with Gasteiger partial charge in [0.2, 0.25) is 0 Å². The molecule has 0 saturated carbocycles. The average molecular weight is 612 g/mol. The summed E-state index contributed by atoms with van der Waals surface area (Å²) in [6, 6.07) is 5.81. The third kappa shape index (κ3) is 4.48. The molecule has 2 aromatic carbocycles. The van der Waals surface area contributed by atoms with Gasteiger partial charge in [0.15, 0.2) is 0 Å². The van der Waals surface area contributed by atoms with Crippen molar-refractivity contribution in [3.63, 3.8) is 0 Å². The monoisotopic (exact) mass is 611 g/mol. The van der Waals surface area contributed by atoms with Crippen LogP contribution < -0.4 is 4.18 Å². The molecule has 1 fully saturated rings. The summed E-state index contributed by atoms with van der Waals surface area (Å²) in [5, 5.41) is 0. The third-order valence-electron chi connectivity index (χ3n) is 7.10. The Morgan fingerprint density at radius 1 is 1.02 bits per heavy atom. The van der Waals surface area contributed by atoms with Crippen LogP contribution in [-0.2, 0) is 26.6 Å². The Bertz CT molecular complexity index is 1750. The van der Waals surface area contributed by atoms with E-state index in [0.29, 0.717) is 36.7 Å². The molecule has 0 N–H and O–H groups in total. The zero-order valence-corrected chi connectivity index (χ0v) is 22.0. The maximum absolute atomic E-state index is 13.5. The fourth-order valence-corrected chi connectivity index (χ4v) is 6.59. The quantitative estimate of drug-likeness (QED) is 0.247. The Labute approximate surface area is 223 Å². The highest BCUT2D eigenvalue weighted by Gasteiger charge is 2.50. The summed E-state index contributed by atoms with van der Waals surface area (Å²) < 4.78 is 129. The Kier molecular flexibility index (Phi) is 6.41. The summed E-state index contributed by atoms with van der Waals surface area (Å²) in [5.41, 5.74) is -10.5. The molecule has 1 aliphatic heterocycles. The Balaban J connectivity index is 1.47. The summed E-state index contributed by atoms with van der Waals surface area (Å²) in [6.45, 7) is 1.65. The zero-order valence-electron chi connectivity index (χ0n) is 20.3. The van der Waals surface area contributed by atoms with Crippen molar-refractivity contribution in [1.29, 1.82) is 0 Å². The lowest BCUT2D eigenvalue weighted by molar-refractivity contribution is -0.0500. The fourth-order valence-electron chi connectivity index (χ4n) is 5.28. The second kappa shape index (κ2) is 9.09. The largest absolute Gasteiger partial charge is 0.534 e. The lowest BCUT2D eigenvalue weighted by Crippen LogP contribution is -2.46. The number of benzene rings is 2. The van der Waals surface area contributed by atoms with E-state index in [1.54, 1.807) is 0 Å². The van der Waals surface area contributed by atoms with E-state index in [9.17, 15) is 48.0 Å². The van der Waals surface area contributed by atoms with Gasteiger partial charge in [0.25, 0.3) is 5.91 Å². The summed E-state index contributed by atoms with van der Waals surface area (Å²) in [4.78, 5) is 18.7. The SMILES string of the molecule is Cc1cc2c(cc1OS(=O)(=O)C(F)(F)F)C1CCCN(C(=O)c3ccc4ncn(S(=O)(=O)C(F)(F)F)c4c3)[C@H]1C2. The number of rotatable bonds is 4. The highest BCUT2D eigenvalue weighted by atomic mass is 32.2. The van der Waals surface area contributed by atoms with Crippen molar-refractivity contribution in [2.75, 3.05) is 6.54 Å². The van der Waals surface area contributed by atoms with E-state index in [1.807, 2.05) is 0 Å². The van der Waals surface area contributed by atoms with Crippen LogP contribution in [0.5, 0.6) is 5.75 Å². The lowest BCUT2D eigenvalue weighted by Gasteiger charge is -2.38. The van der Waals surface area contributed by atoms with Gasteiger partial charge in [0.1, 0.15) is 12.1 Å². The minimum absolute atomic E-state index is 0.0388. The molecule has 40 heavy (non-hydrogen) atoms. The number of nitrogens with zero attached hydrogens (tertiary/aromatic N) is 3. The zero-order chi connectivity index (χ0) is 29.4. The molecule has 0 radical (unpaired) electrons. The molecular formula is C23H19F6N3O6S2. The number of imidazole rings is 1. The van der Waals surface area contributed by atoms with Crippen molar-refractivity contribution in [3.8, 4) is 5.75 Å². The first-order chi connectivity index (χ1) is 18.4. The molecule has 216 valence electrons. The number of halogens is 6. The predicted molar refractivity (Wildman–Crippen MR) is 127 cm³/mol. The topological polar surface area (TPSA) is 116 Å². The summed E-state index contributed by atoms with van der Waals surface area (Å²) in [5.74, 6) is -1.44. The maximum atomic E-state index is 13.5. The Morgan fingerprint density at radius 3 is 2.38 bits per heavy atom. The van der Waals surface area contributed by atoms with Crippen LogP contribution in [0.15, 0.2) is 36.7 Å². The predicted octanol–water partition coefficient (Wildman–Crippen LogP) is 4.22. The van der Waals surface area contributed by atoms with Crippen molar-refractivity contribution < 1.29 is 52.2 Å². The van der Waals surface area contributed by atoms with E-state index in [1.165, 1.54) is 36.1 Å². The molecule has 17 heteroatoms. The normalized spacial score (nSPS) is 19.9. The molecule has 1 saturated heterocycles. The van der Waals surface area contributed by atoms with Crippen LogP contribution in [0, 0.1) is 6.92 Å². The fraction of sp³-hybridized carbons (Fsp3) is 0.391. The number of carbonyl (C=O) groups excluding carboxylic acids is 1. The van der Waals surface area contributed by atoms with Gasteiger partial charge in [-0.25, -0.2) is 8.96 Å². The van der Waals surface area contributed by atoms with E-state index < -0.39 is 54.4 Å². The molecule has 0 bridgehead atoms. The van der Waals surface area contributed by atoms with E-state index in [4.69, 9.17) is 0 Å². The second-order valence-electron chi connectivity index (χ2n) is 9.51. The number of aromatic nitrogens is 2. The number of amides is 1. The lowest BCUT2D eigenvalue weighted by atomic mass is 9.88. The van der Waals surface area contributed by atoms with Crippen LogP contribution in [0.25, 0.3) is 11.0 Å². The van der Waals surface area contributed by atoms with Crippen molar-refractivity contribution in [3.05, 3.63) is 58.9 Å². The van der Waals surface area contributed by atoms with Crippen molar-refractivity contribution in [1.82, 2.24) is 13.9 Å². The van der Waals surface area contributed by atoms with Crippen LogP contribution in [0.1, 0.15) is 45.8 Å². The van der Waals surface area contributed by atoms with Crippen LogP contribution in [0.4, 0.5) is 26.3 Å². The molecule has 9 nitrogen and oxygen atoms in total. The number of aryl methyl sites for hydroxylation is 1. The Hall–Kier alpha value is -3.34. The van der Waals surface area contributed by atoms with Crippen LogP contribution in [0.3, 0.4) is 0 Å². The van der Waals surface area contributed by atoms with E-state index in [2.05, 4.69) is 9.17 Å². The highest BCUT2D eigenvalue weighted by molar-refractivity contribution is 7.91. The minimum Gasteiger partial charge on any atom is -0.376 e. The van der Waals surface area contributed by atoms with Crippen molar-refractivity contribution in [2.24, 2.45) is 0 Å². The number of alkyl halides is 6. The van der Waals surface area contributed by atoms with Gasteiger partial charge in [-0.05, 0) is 67.1 Å². The van der Waals surface area contributed by atoms with Gasteiger partial charge < -0.3 is 9.08 Å². The maximum Gasteiger partial charge on any atom is 0.534 e.